The van der Waals surface area contributed by atoms with Crippen LogP contribution in [-0.4, -0.2) is 0 Å². The van der Waals surface area contributed by atoms with Crippen LogP contribution in [0.3, 0.4) is 0 Å². The second kappa shape index (κ2) is 5.47. The average Bonchev–Trinajstić information content (AvgIpc) is 2.22. The van der Waals surface area contributed by atoms with Gasteiger partial charge in [0.05, 0.1) is 0 Å². The fraction of sp³-hybridized carbons (Fsp3) is 0.333. The lowest BCUT2D eigenvalue weighted by atomic mass is 10.0. The van der Waals surface area contributed by atoms with Crippen LogP contribution in [0.2, 0.25) is 0 Å². The number of halogens is 2. The molecule has 2 N–H and O–H groups in total. The van der Waals surface area contributed by atoms with Crippen molar-refractivity contribution in [2.45, 2.75) is 25.3 Å². The van der Waals surface area contributed by atoms with Gasteiger partial charge in [0.2, 0.25) is 0 Å². The predicted molar refractivity (Wildman–Crippen MR) is 56.0 cm³/mol. The maximum absolute atomic E-state index is 13.2. The zero-order valence-corrected chi connectivity index (χ0v) is 8.34. The van der Waals surface area contributed by atoms with Gasteiger partial charge in [-0.15, -0.1) is 12.3 Å². The largest absolute Gasteiger partial charge is 0.324 e. The summed E-state index contributed by atoms with van der Waals surface area (Å²) in [5.74, 6) is 1.54. The van der Waals surface area contributed by atoms with E-state index in [1.807, 2.05) is 0 Å². The highest BCUT2D eigenvalue weighted by atomic mass is 19.1. The van der Waals surface area contributed by atoms with Crippen molar-refractivity contribution < 1.29 is 8.78 Å². The Balaban J connectivity index is 2.69. The molecule has 0 spiro atoms. The summed E-state index contributed by atoms with van der Waals surface area (Å²) in [6.45, 7) is 0. The molecule has 15 heavy (non-hydrogen) atoms. The Morgan fingerprint density at radius 1 is 1.40 bits per heavy atom. The molecule has 0 aliphatic heterocycles. The van der Waals surface area contributed by atoms with Gasteiger partial charge in [0.15, 0.2) is 0 Å². The van der Waals surface area contributed by atoms with E-state index in [2.05, 4.69) is 5.92 Å². The van der Waals surface area contributed by atoms with Crippen LogP contribution in [0.5, 0.6) is 0 Å². The van der Waals surface area contributed by atoms with Crippen molar-refractivity contribution in [1.82, 2.24) is 0 Å². The highest BCUT2D eigenvalue weighted by molar-refractivity contribution is 5.21. The van der Waals surface area contributed by atoms with Crippen molar-refractivity contribution in [1.29, 1.82) is 0 Å². The zero-order chi connectivity index (χ0) is 11.3. The van der Waals surface area contributed by atoms with E-state index < -0.39 is 17.7 Å². The third-order valence-electron chi connectivity index (χ3n) is 2.19. The minimum atomic E-state index is -0.492. The molecule has 0 radical (unpaired) electrons. The normalized spacial score (nSPS) is 12.1. The molecule has 1 aromatic rings. The van der Waals surface area contributed by atoms with Crippen molar-refractivity contribution in [2.75, 3.05) is 0 Å². The molecule has 1 aromatic carbocycles. The maximum Gasteiger partial charge on any atom is 0.128 e. The molecular formula is C12H13F2N. The van der Waals surface area contributed by atoms with Crippen LogP contribution < -0.4 is 5.73 Å². The number of terminal acetylenes is 1. The number of benzene rings is 1. The van der Waals surface area contributed by atoms with E-state index in [-0.39, 0.29) is 5.56 Å². The Bertz CT molecular complexity index is 368. The minimum Gasteiger partial charge on any atom is -0.324 e. The smallest absolute Gasteiger partial charge is 0.128 e. The predicted octanol–water partition coefficient (Wildman–Crippen LogP) is 2.77. The second-order valence-corrected chi connectivity index (χ2v) is 3.37. The van der Waals surface area contributed by atoms with E-state index in [0.717, 1.165) is 18.2 Å². The molecule has 1 rings (SSSR count). The van der Waals surface area contributed by atoms with Gasteiger partial charge in [-0.3, -0.25) is 0 Å². The van der Waals surface area contributed by atoms with Crippen molar-refractivity contribution in [3.05, 3.63) is 35.4 Å². The Hall–Kier alpha value is -1.40. The lowest BCUT2D eigenvalue weighted by Crippen LogP contribution is -2.12. The standard InChI is InChI=1S/C12H13F2N/c1-2-3-4-5-12(15)10-8-9(13)6-7-11(10)14/h1,6-8,12H,3-5,15H2. The van der Waals surface area contributed by atoms with Gasteiger partial charge in [-0.2, -0.15) is 0 Å². The molecule has 0 bridgehead atoms. The summed E-state index contributed by atoms with van der Waals surface area (Å²) in [7, 11) is 0. The second-order valence-electron chi connectivity index (χ2n) is 3.37. The first-order valence-corrected chi connectivity index (χ1v) is 4.79. The monoisotopic (exact) mass is 209 g/mol. The molecular weight excluding hydrogens is 196 g/mol. The molecule has 80 valence electrons. The molecule has 1 nitrogen and oxygen atoms in total. The van der Waals surface area contributed by atoms with Gasteiger partial charge in [-0.05, 0) is 31.0 Å². The lowest BCUT2D eigenvalue weighted by molar-refractivity contribution is 0.540. The summed E-state index contributed by atoms with van der Waals surface area (Å²) in [4.78, 5) is 0. The number of nitrogens with two attached hydrogens (primary N) is 1. The SMILES string of the molecule is C#CCCCC(N)c1cc(F)ccc1F. The van der Waals surface area contributed by atoms with Crippen LogP contribution in [0.1, 0.15) is 30.9 Å². The van der Waals surface area contributed by atoms with Crippen LogP contribution in [-0.2, 0) is 0 Å². The first-order valence-electron chi connectivity index (χ1n) is 4.79. The minimum absolute atomic E-state index is 0.215. The molecule has 0 amide bonds. The van der Waals surface area contributed by atoms with Crippen molar-refractivity contribution in [3.8, 4) is 12.3 Å². The number of hydrogen-bond donors (Lipinski definition) is 1. The Labute approximate surface area is 88.3 Å². The number of rotatable bonds is 4. The summed E-state index contributed by atoms with van der Waals surface area (Å²) >= 11 is 0. The van der Waals surface area contributed by atoms with E-state index in [1.54, 1.807) is 0 Å². The lowest BCUT2D eigenvalue weighted by Gasteiger charge is -2.12. The van der Waals surface area contributed by atoms with Crippen LogP contribution in [0, 0.1) is 24.0 Å². The number of unbranched alkanes of at least 4 members (excludes halogenated alkanes) is 1. The first-order chi connectivity index (χ1) is 7.15. The van der Waals surface area contributed by atoms with Crippen LogP contribution in [0.15, 0.2) is 18.2 Å². The fourth-order valence-corrected chi connectivity index (χ4v) is 1.38. The third-order valence-corrected chi connectivity index (χ3v) is 2.19. The zero-order valence-electron chi connectivity index (χ0n) is 8.34. The van der Waals surface area contributed by atoms with Gasteiger partial charge < -0.3 is 5.73 Å². The summed E-state index contributed by atoms with van der Waals surface area (Å²) in [5, 5.41) is 0. The Morgan fingerprint density at radius 2 is 2.13 bits per heavy atom. The molecule has 0 saturated heterocycles. The summed E-state index contributed by atoms with van der Waals surface area (Å²) < 4.78 is 26.1. The van der Waals surface area contributed by atoms with E-state index in [4.69, 9.17) is 12.2 Å². The maximum atomic E-state index is 13.2. The highest BCUT2D eigenvalue weighted by Gasteiger charge is 2.11. The number of hydrogen-bond acceptors (Lipinski definition) is 1. The van der Waals surface area contributed by atoms with Gasteiger partial charge in [0.1, 0.15) is 11.6 Å². The Kier molecular flexibility index (Phi) is 4.26. The van der Waals surface area contributed by atoms with Gasteiger partial charge in [-0.25, -0.2) is 8.78 Å². The summed E-state index contributed by atoms with van der Waals surface area (Å²) in [6, 6.07) is 2.81. The van der Waals surface area contributed by atoms with E-state index in [0.29, 0.717) is 19.3 Å². The molecule has 3 heteroatoms. The van der Waals surface area contributed by atoms with Gasteiger partial charge >= 0.3 is 0 Å². The highest BCUT2D eigenvalue weighted by Crippen LogP contribution is 2.20. The topological polar surface area (TPSA) is 26.0 Å². The molecule has 0 aromatic heterocycles. The molecule has 1 unspecified atom stereocenters. The van der Waals surface area contributed by atoms with Crippen LogP contribution in [0.4, 0.5) is 8.78 Å². The van der Waals surface area contributed by atoms with Crippen molar-refractivity contribution in [2.24, 2.45) is 5.73 Å². The summed E-state index contributed by atoms with van der Waals surface area (Å²) in [5.41, 5.74) is 5.95. The fourth-order valence-electron chi connectivity index (χ4n) is 1.38. The molecule has 0 fully saturated rings. The molecule has 0 saturated carbocycles. The molecule has 0 aliphatic rings. The van der Waals surface area contributed by atoms with Gasteiger partial charge in [-0.1, -0.05) is 0 Å². The molecule has 0 aliphatic carbocycles. The average molecular weight is 209 g/mol. The summed E-state index contributed by atoms with van der Waals surface area (Å²) in [6.07, 6.45) is 6.96. The van der Waals surface area contributed by atoms with Crippen molar-refractivity contribution >= 4 is 0 Å². The Morgan fingerprint density at radius 3 is 2.80 bits per heavy atom. The van der Waals surface area contributed by atoms with E-state index in [9.17, 15) is 8.78 Å². The van der Waals surface area contributed by atoms with E-state index >= 15 is 0 Å². The molecule has 1 atom stereocenters. The third kappa shape index (κ3) is 3.34. The first kappa shape index (κ1) is 11.7. The quantitative estimate of drug-likeness (QED) is 0.599. The van der Waals surface area contributed by atoms with Gasteiger partial charge in [0.25, 0.3) is 0 Å². The van der Waals surface area contributed by atoms with Crippen LogP contribution in [0.25, 0.3) is 0 Å². The van der Waals surface area contributed by atoms with Gasteiger partial charge in [0, 0.05) is 18.0 Å². The van der Waals surface area contributed by atoms with Crippen LogP contribution >= 0.6 is 0 Å². The van der Waals surface area contributed by atoms with Crippen molar-refractivity contribution in [3.63, 3.8) is 0 Å². The van der Waals surface area contributed by atoms with E-state index in [1.165, 1.54) is 0 Å². The molecule has 0 heterocycles.